The number of alkyl halides is 1. The van der Waals surface area contributed by atoms with Crippen molar-refractivity contribution in [3.63, 3.8) is 0 Å². The lowest BCUT2D eigenvalue weighted by Gasteiger charge is -2.03. The topological polar surface area (TPSA) is 38.9 Å². The van der Waals surface area contributed by atoms with Gasteiger partial charge < -0.3 is 4.52 Å². The monoisotopic (exact) mass is 248 g/mol. The molecular weight excluding hydrogens is 236 g/mol. The molecule has 1 aliphatic rings. The quantitative estimate of drug-likeness (QED) is 0.779. The number of rotatable bonds is 4. The molecule has 3 rings (SSSR count). The fourth-order valence-corrected chi connectivity index (χ4v) is 2.03. The van der Waals surface area contributed by atoms with E-state index in [4.69, 9.17) is 16.1 Å². The molecular formula is C13H13ClN2O. The largest absolute Gasteiger partial charge is 0.337 e. The first-order valence-corrected chi connectivity index (χ1v) is 6.28. The van der Waals surface area contributed by atoms with Crippen molar-refractivity contribution in [2.45, 2.75) is 24.6 Å². The van der Waals surface area contributed by atoms with Crippen LogP contribution in [0.3, 0.4) is 0 Å². The molecule has 2 aromatic rings. The minimum absolute atomic E-state index is 0.350. The Morgan fingerprint density at radius 1 is 1.29 bits per heavy atom. The summed E-state index contributed by atoms with van der Waals surface area (Å²) in [5.74, 6) is 2.03. The molecule has 0 bridgehead atoms. The molecule has 1 saturated carbocycles. The average molecular weight is 249 g/mol. The van der Waals surface area contributed by atoms with Crippen molar-refractivity contribution in [2.75, 3.05) is 0 Å². The van der Waals surface area contributed by atoms with Crippen LogP contribution in [-0.4, -0.2) is 10.1 Å². The number of halogens is 1. The van der Waals surface area contributed by atoms with E-state index in [0.29, 0.717) is 5.89 Å². The molecule has 0 N–H and O–H groups in total. The van der Waals surface area contributed by atoms with Gasteiger partial charge >= 0.3 is 0 Å². The van der Waals surface area contributed by atoms with E-state index in [9.17, 15) is 0 Å². The summed E-state index contributed by atoms with van der Waals surface area (Å²) in [4.78, 5) is 4.36. The summed E-state index contributed by atoms with van der Waals surface area (Å²) in [5.41, 5.74) is 0.982. The van der Waals surface area contributed by atoms with E-state index in [2.05, 4.69) is 10.1 Å². The molecule has 0 amide bonds. The van der Waals surface area contributed by atoms with Gasteiger partial charge in [0.05, 0.1) is 0 Å². The van der Waals surface area contributed by atoms with Crippen LogP contribution in [0, 0.1) is 5.92 Å². The van der Waals surface area contributed by atoms with E-state index in [-0.39, 0.29) is 5.38 Å². The second-order valence-electron chi connectivity index (χ2n) is 4.47. The standard InChI is InChI=1S/C13H13ClN2O/c14-12(10-4-2-1-3-5-10)13-15-11(16-17-13)8-9-6-7-9/h1-5,9,12H,6-8H2. The molecule has 1 heterocycles. The normalized spacial score (nSPS) is 17.0. The van der Waals surface area contributed by atoms with Crippen molar-refractivity contribution in [3.8, 4) is 0 Å². The van der Waals surface area contributed by atoms with Gasteiger partial charge in [0.1, 0.15) is 5.38 Å². The zero-order chi connectivity index (χ0) is 11.7. The lowest BCUT2D eigenvalue weighted by atomic mass is 10.1. The first-order valence-electron chi connectivity index (χ1n) is 5.84. The van der Waals surface area contributed by atoms with Crippen LogP contribution in [0.25, 0.3) is 0 Å². The van der Waals surface area contributed by atoms with Gasteiger partial charge in [0.15, 0.2) is 5.82 Å². The molecule has 1 aliphatic carbocycles. The summed E-state index contributed by atoms with van der Waals surface area (Å²) in [5, 5.41) is 3.62. The SMILES string of the molecule is ClC(c1ccccc1)c1nc(CC2CC2)no1. The predicted octanol–water partition coefficient (Wildman–Crippen LogP) is 3.35. The van der Waals surface area contributed by atoms with Gasteiger partial charge in [-0.3, -0.25) is 0 Å². The Bertz CT molecular complexity index is 493. The maximum atomic E-state index is 6.30. The number of nitrogens with zero attached hydrogens (tertiary/aromatic N) is 2. The Hall–Kier alpha value is -1.35. The van der Waals surface area contributed by atoms with Crippen molar-refractivity contribution < 1.29 is 4.52 Å². The van der Waals surface area contributed by atoms with Crippen molar-refractivity contribution in [1.29, 1.82) is 0 Å². The van der Waals surface area contributed by atoms with Gasteiger partial charge in [-0.15, -0.1) is 11.6 Å². The second-order valence-corrected chi connectivity index (χ2v) is 4.91. The summed E-state index contributed by atoms with van der Waals surface area (Å²) in [6, 6.07) is 9.78. The van der Waals surface area contributed by atoms with Crippen LogP contribution in [0.2, 0.25) is 0 Å². The van der Waals surface area contributed by atoms with Crippen molar-refractivity contribution in [3.05, 3.63) is 47.6 Å². The van der Waals surface area contributed by atoms with Crippen LogP contribution in [0.5, 0.6) is 0 Å². The van der Waals surface area contributed by atoms with Gasteiger partial charge in [0.2, 0.25) is 5.89 Å². The first-order chi connectivity index (χ1) is 8.33. The third kappa shape index (κ3) is 2.50. The zero-order valence-electron chi connectivity index (χ0n) is 9.34. The van der Waals surface area contributed by atoms with Crippen molar-refractivity contribution in [1.82, 2.24) is 10.1 Å². The highest BCUT2D eigenvalue weighted by Gasteiger charge is 2.25. The molecule has 1 aromatic heterocycles. The van der Waals surface area contributed by atoms with Gasteiger partial charge in [0.25, 0.3) is 0 Å². The zero-order valence-corrected chi connectivity index (χ0v) is 10.1. The summed E-state index contributed by atoms with van der Waals surface area (Å²) < 4.78 is 5.22. The summed E-state index contributed by atoms with van der Waals surface area (Å²) in [7, 11) is 0. The smallest absolute Gasteiger partial charge is 0.249 e. The molecule has 1 unspecified atom stereocenters. The highest BCUT2D eigenvalue weighted by atomic mass is 35.5. The molecule has 1 atom stereocenters. The first kappa shape index (κ1) is 10.8. The number of hydrogen-bond donors (Lipinski definition) is 0. The predicted molar refractivity (Wildman–Crippen MR) is 64.9 cm³/mol. The van der Waals surface area contributed by atoms with E-state index in [0.717, 1.165) is 23.7 Å². The average Bonchev–Trinajstić information content (AvgIpc) is 3.06. The Kier molecular flexibility index (Phi) is 2.85. The molecule has 88 valence electrons. The fourth-order valence-electron chi connectivity index (χ4n) is 1.80. The van der Waals surface area contributed by atoms with Crippen molar-refractivity contribution >= 4 is 11.6 Å². The molecule has 4 heteroatoms. The minimum Gasteiger partial charge on any atom is -0.337 e. The van der Waals surface area contributed by atoms with Crippen LogP contribution in [0.1, 0.15) is 35.5 Å². The summed E-state index contributed by atoms with van der Waals surface area (Å²) >= 11 is 6.30. The highest BCUT2D eigenvalue weighted by molar-refractivity contribution is 6.22. The maximum absolute atomic E-state index is 6.30. The van der Waals surface area contributed by atoms with Gasteiger partial charge in [-0.05, 0) is 24.3 Å². The number of benzene rings is 1. The highest BCUT2D eigenvalue weighted by Crippen LogP contribution is 2.33. The maximum Gasteiger partial charge on any atom is 0.249 e. The van der Waals surface area contributed by atoms with E-state index in [1.807, 2.05) is 30.3 Å². The van der Waals surface area contributed by atoms with E-state index < -0.39 is 0 Å². The van der Waals surface area contributed by atoms with Crippen molar-refractivity contribution in [2.24, 2.45) is 5.92 Å². The lowest BCUT2D eigenvalue weighted by molar-refractivity contribution is 0.376. The second kappa shape index (κ2) is 4.49. The van der Waals surface area contributed by atoms with Crippen LogP contribution < -0.4 is 0 Å². The van der Waals surface area contributed by atoms with Crippen LogP contribution in [0.4, 0.5) is 0 Å². The Morgan fingerprint density at radius 2 is 2.06 bits per heavy atom. The minimum atomic E-state index is -0.350. The molecule has 0 saturated heterocycles. The summed E-state index contributed by atoms with van der Waals surface area (Å²) in [6.07, 6.45) is 3.49. The van der Waals surface area contributed by atoms with Crippen LogP contribution >= 0.6 is 11.6 Å². The molecule has 0 spiro atoms. The Morgan fingerprint density at radius 3 is 2.76 bits per heavy atom. The number of hydrogen-bond acceptors (Lipinski definition) is 3. The van der Waals surface area contributed by atoms with Crippen LogP contribution in [-0.2, 0) is 6.42 Å². The van der Waals surface area contributed by atoms with Gasteiger partial charge in [-0.25, -0.2) is 0 Å². The van der Waals surface area contributed by atoms with Gasteiger partial charge in [0, 0.05) is 6.42 Å². The fraction of sp³-hybridized carbons (Fsp3) is 0.385. The Labute approximate surface area is 105 Å². The molecule has 3 nitrogen and oxygen atoms in total. The number of aromatic nitrogens is 2. The summed E-state index contributed by atoms with van der Waals surface area (Å²) in [6.45, 7) is 0. The van der Waals surface area contributed by atoms with Gasteiger partial charge in [-0.1, -0.05) is 35.5 Å². The van der Waals surface area contributed by atoms with E-state index in [1.54, 1.807) is 0 Å². The molecule has 0 aliphatic heterocycles. The van der Waals surface area contributed by atoms with Crippen LogP contribution in [0.15, 0.2) is 34.9 Å². The molecule has 1 aromatic carbocycles. The van der Waals surface area contributed by atoms with E-state index in [1.165, 1.54) is 12.8 Å². The third-order valence-electron chi connectivity index (χ3n) is 2.96. The Balaban J connectivity index is 1.76. The third-order valence-corrected chi connectivity index (χ3v) is 3.40. The van der Waals surface area contributed by atoms with E-state index >= 15 is 0 Å². The molecule has 1 fully saturated rings. The molecule has 17 heavy (non-hydrogen) atoms. The lowest BCUT2D eigenvalue weighted by Crippen LogP contribution is -1.94. The van der Waals surface area contributed by atoms with Gasteiger partial charge in [-0.2, -0.15) is 4.98 Å². The molecule has 0 radical (unpaired) electrons.